The van der Waals surface area contributed by atoms with Gasteiger partial charge < -0.3 is 19.9 Å². The summed E-state index contributed by atoms with van der Waals surface area (Å²) in [6.07, 6.45) is -2.41. The molecule has 1 fully saturated rings. The number of carbonyl (C=O) groups excluding carboxylic acids is 1. The fourth-order valence-electron chi connectivity index (χ4n) is 2.26. The normalized spacial score (nSPS) is 22.4. The molecule has 2 heterocycles. The predicted octanol–water partition coefficient (Wildman–Crippen LogP) is 1.92. The van der Waals surface area contributed by atoms with Crippen LogP contribution in [-0.4, -0.2) is 49.3 Å². The van der Waals surface area contributed by atoms with E-state index in [4.69, 9.17) is 10.2 Å². The number of benzene rings is 1. The number of likely N-dealkylation sites (N-methyl/N-ethyl adjacent to an activating group) is 1. The average molecular weight is 291 g/mol. The predicted molar refractivity (Wildman–Crippen MR) is 82.5 cm³/mol. The van der Waals surface area contributed by atoms with Gasteiger partial charge in [-0.3, -0.25) is 0 Å². The van der Waals surface area contributed by atoms with Gasteiger partial charge in [0.1, 0.15) is 6.61 Å². The number of aromatic nitrogens is 1. The lowest BCUT2D eigenvalue weighted by Crippen LogP contribution is -2.28. The molecule has 3 rings (SSSR count). The molecular weight excluding hydrogens is 266 g/mol. The smallest absolute Gasteiger partial charge is 0.407 e. The molecule has 1 atom stereocenters. The first-order chi connectivity index (χ1) is 11.6. The minimum atomic E-state index is -1.83. The van der Waals surface area contributed by atoms with Crippen LogP contribution in [0.4, 0.5) is 4.79 Å². The molecule has 0 unspecified atom stereocenters. The maximum absolute atomic E-state index is 11.2. The minimum absolute atomic E-state index is 0.0364. The topological polar surface area (TPSA) is 57.4 Å². The zero-order valence-electron chi connectivity index (χ0n) is 16.1. The van der Waals surface area contributed by atoms with Crippen LogP contribution in [0.2, 0.25) is 0 Å². The summed E-state index contributed by atoms with van der Waals surface area (Å²) in [5.74, 6) is 0. The van der Waals surface area contributed by atoms with Gasteiger partial charge in [-0.15, -0.1) is 0 Å². The third kappa shape index (κ3) is 3.19. The number of ether oxygens (including phenoxy) is 1. The van der Waals surface area contributed by atoms with E-state index in [9.17, 15) is 4.79 Å². The first-order valence-electron chi connectivity index (χ1n) is 8.81. The molecule has 1 aliphatic heterocycles. The van der Waals surface area contributed by atoms with Crippen LogP contribution in [0, 0.1) is 0 Å². The number of nitrogens with zero attached hydrogens (tertiary/aromatic N) is 1. The molecule has 1 aromatic heterocycles. The first kappa shape index (κ1) is 9.84. The van der Waals surface area contributed by atoms with Gasteiger partial charge in [0.25, 0.3) is 0 Å². The first-order valence-corrected chi connectivity index (χ1v) is 6.81. The fourth-order valence-corrected chi connectivity index (χ4v) is 2.26. The maximum atomic E-state index is 11.2. The van der Waals surface area contributed by atoms with Crippen LogP contribution in [0.15, 0.2) is 24.4 Å². The lowest BCUT2D eigenvalue weighted by atomic mass is 10.0. The Morgan fingerprint density at radius 3 is 3.05 bits per heavy atom. The molecule has 0 aliphatic carbocycles. The van der Waals surface area contributed by atoms with Gasteiger partial charge in [0.05, 0.1) is 6.04 Å². The molecule has 112 valence electrons. The van der Waals surface area contributed by atoms with Gasteiger partial charge in [0.2, 0.25) is 0 Å². The Labute approximate surface area is 129 Å². The van der Waals surface area contributed by atoms with E-state index in [0.29, 0.717) is 16.5 Å². The molecule has 1 aliphatic rings. The molecule has 2 N–H and O–H groups in total. The molecule has 5 heteroatoms. The zero-order valence-corrected chi connectivity index (χ0v) is 12.1. The lowest BCUT2D eigenvalue weighted by Gasteiger charge is -2.09. The quantitative estimate of drug-likeness (QED) is 0.885. The number of hydrogen-bond acceptors (Lipinski definition) is 3. The number of aromatic amines is 1. The number of alkyl carbamates (subject to hydrolysis) is 1. The highest BCUT2D eigenvalue weighted by atomic mass is 16.6. The number of fused-ring (bicyclic) bond motifs is 1. The summed E-state index contributed by atoms with van der Waals surface area (Å²) in [5.41, 5.74) is 1.60. The maximum Gasteiger partial charge on any atom is 0.407 e. The van der Waals surface area contributed by atoms with Gasteiger partial charge >= 0.3 is 6.09 Å². The molecule has 1 saturated heterocycles. The second-order valence-corrected chi connectivity index (χ2v) is 5.32. The molecule has 2 aromatic rings. The summed E-state index contributed by atoms with van der Waals surface area (Å²) in [4.78, 5) is 16.1. The molecule has 1 aromatic carbocycles. The van der Waals surface area contributed by atoms with Crippen molar-refractivity contribution in [3.05, 3.63) is 35.5 Å². The van der Waals surface area contributed by atoms with Gasteiger partial charge in [-0.2, -0.15) is 0 Å². The Kier molecular flexibility index (Phi) is 2.71. The van der Waals surface area contributed by atoms with Crippen molar-refractivity contribution in [2.45, 2.75) is 18.8 Å². The number of rotatable bonds is 5. The number of cyclic esters (lactones) is 1. The van der Waals surface area contributed by atoms with Crippen LogP contribution in [0.25, 0.3) is 10.9 Å². The van der Waals surface area contributed by atoms with E-state index in [-0.39, 0.29) is 13.2 Å². The highest BCUT2D eigenvalue weighted by Gasteiger charge is 2.22. The summed E-state index contributed by atoms with van der Waals surface area (Å²) >= 11 is 0. The van der Waals surface area contributed by atoms with Crippen LogP contribution < -0.4 is 5.32 Å². The third-order valence-corrected chi connectivity index (χ3v) is 3.28. The van der Waals surface area contributed by atoms with E-state index in [1.54, 1.807) is 43.4 Å². The summed E-state index contributed by atoms with van der Waals surface area (Å²) < 4.78 is 38.3. The molecule has 0 spiro atoms. The Hall–Kier alpha value is -2.01. The average Bonchev–Trinajstić information content (AvgIpc) is 3.11. The summed E-state index contributed by atoms with van der Waals surface area (Å²) in [7, 11) is 3.61. The highest BCUT2D eigenvalue weighted by Crippen LogP contribution is 2.21. The number of carbonyl (C=O) groups is 1. The standard InChI is InChI=1S/C16H21N3O2/c1-19(2)6-5-12-9-17-15-4-3-11(8-14(12)15)7-13-10-21-16(20)18-13/h3-4,8-9,13,17H,5-7,10H2,1-2H3,(H,18,20)/t13-/m0/s1/i5D2,7D2. The largest absolute Gasteiger partial charge is 0.447 e. The number of amides is 1. The molecule has 0 radical (unpaired) electrons. The molecular formula is C16H21N3O2. The molecule has 0 saturated carbocycles. The second-order valence-electron chi connectivity index (χ2n) is 5.32. The lowest BCUT2D eigenvalue weighted by molar-refractivity contribution is 0.177. The number of H-pyrrole nitrogens is 1. The van der Waals surface area contributed by atoms with Crippen molar-refractivity contribution in [3.63, 3.8) is 0 Å². The van der Waals surface area contributed by atoms with Gasteiger partial charge in [-0.1, -0.05) is 6.07 Å². The van der Waals surface area contributed by atoms with E-state index < -0.39 is 24.9 Å². The van der Waals surface area contributed by atoms with Crippen molar-refractivity contribution in [2.24, 2.45) is 0 Å². The van der Waals surface area contributed by atoms with Crippen LogP contribution in [0.5, 0.6) is 0 Å². The van der Waals surface area contributed by atoms with E-state index in [1.807, 2.05) is 0 Å². The van der Waals surface area contributed by atoms with Crippen molar-refractivity contribution < 1.29 is 15.0 Å². The molecule has 21 heavy (non-hydrogen) atoms. The molecule has 5 nitrogen and oxygen atoms in total. The summed E-state index contributed by atoms with van der Waals surface area (Å²) in [6, 6.07) is 4.25. The Morgan fingerprint density at radius 1 is 1.48 bits per heavy atom. The zero-order chi connectivity index (χ0) is 18.4. The van der Waals surface area contributed by atoms with Crippen LogP contribution in [-0.2, 0) is 17.5 Å². The minimum Gasteiger partial charge on any atom is -0.447 e. The monoisotopic (exact) mass is 291 g/mol. The molecule has 1 amide bonds. The van der Waals surface area contributed by atoms with E-state index >= 15 is 0 Å². The van der Waals surface area contributed by atoms with Crippen LogP contribution in [0.3, 0.4) is 0 Å². The molecule has 0 bridgehead atoms. The van der Waals surface area contributed by atoms with Crippen LogP contribution in [0.1, 0.15) is 16.6 Å². The Balaban J connectivity index is 2.02. The number of hydrogen-bond donors (Lipinski definition) is 2. The highest BCUT2D eigenvalue weighted by molar-refractivity contribution is 5.84. The second kappa shape index (κ2) is 5.77. The van der Waals surface area contributed by atoms with E-state index in [1.165, 1.54) is 0 Å². The SMILES string of the molecule is [2H]C([2H])(CN(C)C)c1c[nH]c2ccc(C([2H])([2H])[C@H]3COC(=O)N3)cc12. The fraction of sp³-hybridized carbons (Fsp3) is 0.438. The Bertz CT molecular complexity index is 804. The summed E-state index contributed by atoms with van der Waals surface area (Å²) in [5, 5.41) is 3.12. The van der Waals surface area contributed by atoms with Gasteiger partial charge in [-0.05, 0) is 50.1 Å². The van der Waals surface area contributed by atoms with Crippen molar-refractivity contribution in [1.82, 2.24) is 15.2 Å². The van der Waals surface area contributed by atoms with Crippen LogP contribution >= 0.6 is 0 Å². The van der Waals surface area contributed by atoms with Crippen molar-refractivity contribution in [3.8, 4) is 0 Å². The van der Waals surface area contributed by atoms with Crippen molar-refractivity contribution in [1.29, 1.82) is 0 Å². The van der Waals surface area contributed by atoms with Crippen molar-refractivity contribution >= 4 is 17.0 Å². The third-order valence-electron chi connectivity index (χ3n) is 3.28. The summed E-state index contributed by atoms with van der Waals surface area (Å²) in [6.45, 7) is 0.176. The van der Waals surface area contributed by atoms with Gasteiger partial charge in [-0.25, -0.2) is 4.79 Å². The Morgan fingerprint density at radius 2 is 2.33 bits per heavy atom. The van der Waals surface area contributed by atoms with E-state index in [0.717, 1.165) is 5.52 Å². The van der Waals surface area contributed by atoms with Gasteiger partial charge in [0, 0.05) is 29.1 Å². The van der Waals surface area contributed by atoms with Crippen molar-refractivity contribution in [2.75, 3.05) is 27.2 Å². The van der Waals surface area contributed by atoms with E-state index in [2.05, 4.69) is 10.3 Å². The number of nitrogens with one attached hydrogen (secondary N) is 2. The van der Waals surface area contributed by atoms with Gasteiger partial charge in [0.15, 0.2) is 0 Å².